The molecule has 0 aliphatic carbocycles. The Balaban J connectivity index is 2.03. The van der Waals surface area contributed by atoms with Crippen LogP contribution < -0.4 is 5.32 Å². The highest BCUT2D eigenvalue weighted by atomic mass is 35.5. The van der Waals surface area contributed by atoms with Crippen LogP contribution in [0.3, 0.4) is 0 Å². The van der Waals surface area contributed by atoms with Gasteiger partial charge in [-0.25, -0.2) is 4.39 Å². The number of hydrogen-bond acceptors (Lipinski definition) is 2. The largest absolute Gasteiger partial charge is 0.381 e. The van der Waals surface area contributed by atoms with Gasteiger partial charge in [0.2, 0.25) is 0 Å². The van der Waals surface area contributed by atoms with E-state index >= 15 is 0 Å². The van der Waals surface area contributed by atoms with Crippen molar-refractivity contribution in [3.8, 4) is 0 Å². The third-order valence-corrected chi connectivity index (χ3v) is 4.17. The van der Waals surface area contributed by atoms with E-state index in [0.717, 1.165) is 44.6 Å². The number of nitrogens with one attached hydrogen (secondary N) is 1. The van der Waals surface area contributed by atoms with E-state index in [1.54, 1.807) is 12.1 Å². The van der Waals surface area contributed by atoms with Crippen molar-refractivity contribution in [2.24, 2.45) is 5.92 Å². The van der Waals surface area contributed by atoms with Crippen molar-refractivity contribution in [1.82, 2.24) is 5.32 Å². The highest BCUT2D eigenvalue weighted by Gasteiger charge is 2.24. The van der Waals surface area contributed by atoms with Crippen molar-refractivity contribution in [1.29, 1.82) is 0 Å². The van der Waals surface area contributed by atoms with Crippen LogP contribution in [-0.4, -0.2) is 25.8 Å². The van der Waals surface area contributed by atoms with Crippen molar-refractivity contribution in [2.75, 3.05) is 19.8 Å². The molecule has 112 valence electrons. The number of halogens is 2. The molecule has 1 N–H and O–H groups in total. The summed E-state index contributed by atoms with van der Waals surface area (Å²) in [6.45, 7) is 4.81. The first-order valence-electron chi connectivity index (χ1n) is 7.45. The fourth-order valence-electron chi connectivity index (χ4n) is 2.74. The minimum absolute atomic E-state index is 0.188. The predicted octanol–water partition coefficient (Wildman–Crippen LogP) is 3.82. The molecule has 2 atom stereocenters. The molecule has 0 aromatic heterocycles. The molecule has 0 amide bonds. The third kappa shape index (κ3) is 4.44. The van der Waals surface area contributed by atoms with E-state index in [0.29, 0.717) is 12.0 Å². The third-order valence-electron chi connectivity index (χ3n) is 3.86. The Hall–Kier alpha value is -0.640. The van der Waals surface area contributed by atoms with Crippen LogP contribution >= 0.6 is 11.6 Å². The highest BCUT2D eigenvalue weighted by molar-refractivity contribution is 6.30. The standard InChI is InChI=1S/C16H23ClFNO/c1-2-7-19-16(13-4-3-8-20-11-13)10-12-5-6-14(17)15(18)9-12/h5-6,9,13,16,19H,2-4,7-8,10-11H2,1H3. The molecule has 2 rings (SSSR count). The maximum atomic E-state index is 13.5. The zero-order chi connectivity index (χ0) is 14.4. The SMILES string of the molecule is CCCNC(Cc1ccc(Cl)c(F)c1)C1CCCOC1. The van der Waals surface area contributed by atoms with Crippen LogP contribution in [0, 0.1) is 11.7 Å². The van der Waals surface area contributed by atoms with Gasteiger partial charge in [0, 0.05) is 12.6 Å². The summed E-state index contributed by atoms with van der Waals surface area (Å²) in [7, 11) is 0. The smallest absolute Gasteiger partial charge is 0.142 e. The Labute approximate surface area is 125 Å². The Morgan fingerprint density at radius 3 is 3.00 bits per heavy atom. The molecule has 1 aliphatic heterocycles. The van der Waals surface area contributed by atoms with Gasteiger partial charge in [-0.1, -0.05) is 24.6 Å². The summed E-state index contributed by atoms with van der Waals surface area (Å²) < 4.78 is 19.1. The van der Waals surface area contributed by atoms with Gasteiger partial charge >= 0.3 is 0 Å². The zero-order valence-corrected chi connectivity index (χ0v) is 12.8. The lowest BCUT2D eigenvalue weighted by atomic mass is 9.89. The normalized spacial score (nSPS) is 20.9. The summed E-state index contributed by atoms with van der Waals surface area (Å²) in [6.07, 6.45) is 4.21. The Morgan fingerprint density at radius 2 is 2.35 bits per heavy atom. The van der Waals surface area contributed by atoms with Gasteiger partial charge in [0.25, 0.3) is 0 Å². The summed E-state index contributed by atoms with van der Waals surface area (Å²) in [6, 6.07) is 5.44. The van der Waals surface area contributed by atoms with Gasteiger partial charge in [-0.15, -0.1) is 0 Å². The van der Waals surface area contributed by atoms with E-state index in [9.17, 15) is 4.39 Å². The predicted molar refractivity (Wildman–Crippen MR) is 80.7 cm³/mol. The van der Waals surface area contributed by atoms with Crippen LogP contribution in [0.15, 0.2) is 18.2 Å². The van der Waals surface area contributed by atoms with Gasteiger partial charge in [0.1, 0.15) is 5.82 Å². The van der Waals surface area contributed by atoms with Gasteiger partial charge in [0.05, 0.1) is 11.6 Å². The fraction of sp³-hybridized carbons (Fsp3) is 0.625. The average Bonchev–Trinajstić information content (AvgIpc) is 2.48. The summed E-state index contributed by atoms with van der Waals surface area (Å²) in [4.78, 5) is 0. The molecule has 0 saturated carbocycles. The topological polar surface area (TPSA) is 21.3 Å². The number of benzene rings is 1. The van der Waals surface area contributed by atoms with Gasteiger partial charge in [-0.2, -0.15) is 0 Å². The molecule has 1 aliphatic rings. The van der Waals surface area contributed by atoms with E-state index in [1.165, 1.54) is 6.42 Å². The number of hydrogen-bond donors (Lipinski definition) is 1. The molecule has 1 aromatic carbocycles. The summed E-state index contributed by atoms with van der Waals surface area (Å²) in [5, 5.41) is 3.77. The van der Waals surface area contributed by atoms with Crippen LogP contribution in [0.1, 0.15) is 31.7 Å². The Kier molecular flexibility index (Phi) is 6.27. The minimum atomic E-state index is -0.335. The number of rotatable bonds is 6. The molecule has 1 heterocycles. The molecule has 2 nitrogen and oxygen atoms in total. The van der Waals surface area contributed by atoms with Gasteiger partial charge in [0.15, 0.2) is 0 Å². The highest BCUT2D eigenvalue weighted by Crippen LogP contribution is 2.22. The van der Waals surface area contributed by atoms with E-state index < -0.39 is 0 Å². The second-order valence-corrected chi connectivity index (χ2v) is 5.90. The van der Waals surface area contributed by atoms with Crippen LogP contribution in [0.25, 0.3) is 0 Å². The average molecular weight is 300 g/mol. The minimum Gasteiger partial charge on any atom is -0.381 e. The number of ether oxygens (including phenoxy) is 1. The first kappa shape index (κ1) is 15.7. The first-order valence-corrected chi connectivity index (χ1v) is 7.83. The van der Waals surface area contributed by atoms with E-state index in [2.05, 4.69) is 12.2 Å². The summed E-state index contributed by atoms with van der Waals surface area (Å²) >= 11 is 5.74. The Bertz CT molecular complexity index is 421. The second kappa shape index (κ2) is 7.96. The van der Waals surface area contributed by atoms with Crippen molar-refractivity contribution >= 4 is 11.6 Å². The lowest BCUT2D eigenvalue weighted by molar-refractivity contribution is 0.0393. The first-order chi connectivity index (χ1) is 9.70. The second-order valence-electron chi connectivity index (χ2n) is 5.49. The molecule has 4 heteroatoms. The van der Waals surface area contributed by atoms with Gasteiger partial charge < -0.3 is 10.1 Å². The lowest BCUT2D eigenvalue weighted by Crippen LogP contribution is -2.42. The van der Waals surface area contributed by atoms with Crippen LogP contribution in [0.4, 0.5) is 4.39 Å². The van der Waals surface area contributed by atoms with Crippen LogP contribution in [0.5, 0.6) is 0 Å². The van der Waals surface area contributed by atoms with Crippen molar-refractivity contribution in [3.63, 3.8) is 0 Å². The van der Waals surface area contributed by atoms with E-state index in [4.69, 9.17) is 16.3 Å². The van der Waals surface area contributed by atoms with Gasteiger partial charge in [-0.05, 0) is 55.8 Å². The molecule has 0 spiro atoms. The molecule has 2 unspecified atom stereocenters. The van der Waals surface area contributed by atoms with E-state index in [1.807, 2.05) is 6.07 Å². The van der Waals surface area contributed by atoms with E-state index in [-0.39, 0.29) is 10.8 Å². The molecule has 1 saturated heterocycles. The summed E-state index contributed by atoms with van der Waals surface area (Å²) in [5.74, 6) is 0.173. The van der Waals surface area contributed by atoms with Gasteiger partial charge in [-0.3, -0.25) is 0 Å². The van der Waals surface area contributed by atoms with Crippen molar-refractivity contribution in [3.05, 3.63) is 34.6 Å². The maximum Gasteiger partial charge on any atom is 0.142 e. The zero-order valence-electron chi connectivity index (χ0n) is 12.0. The fourth-order valence-corrected chi connectivity index (χ4v) is 2.86. The Morgan fingerprint density at radius 1 is 1.50 bits per heavy atom. The maximum absolute atomic E-state index is 13.5. The molecular formula is C16H23ClFNO. The molecule has 0 radical (unpaired) electrons. The molecule has 1 aromatic rings. The molecule has 0 bridgehead atoms. The molecular weight excluding hydrogens is 277 g/mol. The lowest BCUT2D eigenvalue weighted by Gasteiger charge is -2.31. The van der Waals surface area contributed by atoms with Crippen molar-refractivity contribution in [2.45, 2.75) is 38.6 Å². The molecule has 20 heavy (non-hydrogen) atoms. The quantitative estimate of drug-likeness (QED) is 0.862. The van der Waals surface area contributed by atoms with Crippen molar-refractivity contribution < 1.29 is 9.13 Å². The summed E-state index contributed by atoms with van der Waals surface area (Å²) in [5.41, 5.74) is 0.992. The van der Waals surface area contributed by atoms with Crippen LogP contribution in [0.2, 0.25) is 5.02 Å². The monoisotopic (exact) mass is 299 g/mol. The van der Waals surface area contributed by atoms with Crippen LogP contribution in [-0.2, 0) is 11.2 Å². The molecule has 1 fully saturated rings.